The molecule has 0 saturated heterocycles. The lowest BCUT2D eigenvalue weighted by Crippen LogP contribution is -2.06. The first-order valence-electron chi connectivity index (χ1n) is 8.94. The van der Waals surface area contributed by atoms with Gasteiger partial charge in [-0.25, -0.2) is 0 Å². The first-order valence-corrected chi connectivity index (χ1v) is 8.94. The summed E-state index contributed by atoms with van der Waals surface area (Å²) in [4.78, 5) is 0. The Morgan fingerprint density at radius 3 is 2.00 bits per heavy atom. The third-order valence-electron chi connectivity index (χ3n) is 4.10. The lowest BCUT2D eigenvalue weighted by Gasteiger charge is -2.10. The van der Waals surface area contributed by atoms with Crippen LogP contribution in [0.2, 0.25) is 0 Å². The number of rotatable bonds is 9. The zero-order chi connectivity index (χ0) is 17.2. The molecule has 128 valence electrons. The normalized spacial score (nSPS) is 12.5. The quantitative estimate of drug-likeness (QED) is 0.463. The number of hydrogen-bond acceptors (Lipinski definition) is 3. The van der Waals surface area contributed by atoms with Crippen LogP contribution in [-0.2, 0) is 6.42 Å². The van der Waals surface area contributed by atoms with E-state index in [-0.39, 0.29) is 0 Å². The van der Waals surface area contributed by atoms with E-state index in [1.165, 1.54) is 18.4 Å². The van der Waals surface area contributed by atoms with E-state index in [1.807, 2.05) is 36.4 Å². The zero-order valence-corrected chi connectivity index (χ0v) is 15.0. The van der Waals surface area contributed by atoms with Crippen LogP contribution in [0.3, 0.4) is 0 Å². The molecule has 2 aromatic rings. The average Bonchev–Trinajstić information content (AvgIpc) is 2.64. The first kappa shape index (κ1) is 18.2. The topological polar surface area (TPSA) is 34.0 Å². The van der Waals surface area contributed by atoms with Gasteiger partial charge in [-0.1, -0.05) is 45.7 Å². The Morgan fingerprint density at radius 2 is 1.46 bits per heavy atom. The molecule has 0 N–H and O–H groups in total. The molecule has 0 fully saturated rings. The van der Waals surface area contributed by atoms with Gasteiger partial charge in [0.1, 0.15) is 5.75 Å². The maximum absolute atomic E-state index is 5.75. The minimum absolute atomic E-state index is 0.574. The smallest absolute Gasteiger partial charge is 0.119 e. The van der Waals surface area contributed by atoms with Gasteiger partial charge in [0.05, 0.1) is 18.0 Å². The molecule has 0 aliphatic heterocycles. The Morgan fingerprint density at radius 1 is 0.875 bits per heavy atom. The van der Waals surface area contributed by atoms with Gasteiger partial charge in [0, 0.05) is 0 Å². The van der Waals surface area contributed by atoms with Gasteiger partial charge >= 0.3 is 0 Å². The molecule has 0 aliphatic rings. The maximum atomic E-state index is 5.75. The summed E-state index contributed by atoms with van der Waals surface area (Å²) in [5, 5.41) is 8.59. The zero-order valence-electron chi connectivity index (χ0n) is 15.0. The van der Waals surface area contributed by atoms with Crippen molar-refractivity contribution in [1.29, 1.82) is 0 Å². The highest BCUT2D eigenvalue weighted by Crippen LogP contribution is 2.22. The minimum atomic E-state index is 0.574. The van der Waals surface area contributed by atoms with E-state index >= 15 is 0 Å². The van der Waals surface area contributed by atoms with E-state index in [4.69, 9.17) is 4.74 Å². The molecule has 2 rings (SSSR count). The fourth-order valence-electron chi connectivity index (χ4n) is 2.19. The number of aryl methyl sites for hydroxylation is 1. The third kappa shape index (κ3) is 6.15. The SMILES string of the molecule is CCCCc1ccc(N=Nc2ccc(OCC(C)CC)cc2)cc1. The van der Waals surface area contributed by atoms with Gasteiger partial charge in [-0.15, -0.1) is 0 Å². The van der Waals surface area contributed by atoms with Crippen LogP contribution in [-0.4, -0.2) is 6.61 Å². The van der Waals surface area contributed by atoms with Crippen LogP contribution in [0.5, 0.6) is 5.75 Å². The predicted molar refractivity (Wildman–Crippen MR) is 101 cm³/mol. The Hall–Kier alpha value is -2.16. The summed E-state index contributed by atoms with van der Waals surface area (Å²) >= 11 is 0. The number of nitrogens with zero attached hydrogens (tertiary/aromatic N) is 2. The van der Waals surface area contributed by atoms with Crippen LogP contribution < -0.4 is 4.74 Å². The Labute approximate surface area is 145 Å². The predicted octanol–water partition coefficient (Wildman–Crippen LogP) is 6.87. The van der Waals surface area contributed by atoms with Crippen LogP contribution in [0.15, 0.2) is 58.8 Å². The second kappa shape index (κ2) is 9.86. The average molecular weight is 324 g/mol. The van der Waals surface area contributed by atoms with Crippen LogP contribution in [0.4, 0.5) is 11.4 Å². The second-order valence-electron chi connectivity index (χ2n) is 6.29. The van der Waals surface area contributed by atoms with Crippen LogP contribution >= 0.6 is 0 Å². The van der Waals surface area contributed by atoms with E-state index in [2.05, 4.69) is 43.1 Å². The molecular formula is C21H28N2O. The first-order chi connectivity index (χ1) is 11.7. The minimum Gasteiger partial charge on any atom is -0.493 e. The molecule has 24 heavy (non-hydrogen) atoms. The van der Waals surface area contributed by atoms with Gasteiger partial charge in [-0.05, 0) is 60.7 Å². The van der Waals surface area contributed by atoms with Crippen molar-refractivity contribution in [2.45, 2.75) is 46.5 Å². The van der Waals surface area contributed by atoms with Gasteiger partial charge in [-0.2, -0.15) is 10.2 Å². The molecule has 0 amide bonds. The summed E-state index contributed by atoms with van der Waals surface area (Å²) in [6.07, 6.45) is 4.71. The highest BCUT2D eigenvalue weighted by Gasteiger charge is 2.00. The summed E-state index contributed by atoms with van der Waals surface area (Å²) in [7, 11) is 0. The molecule has 1 unspecified atom stereocenters. The fourth-order valence-corrected chi connectivity index (χ4v) is 2.19. The van der Waals surface area contributed by atoms with Crippen molar-refractivity contribution in [3.8, 4) is 5.75 Å². The van der Waals surface area contributed by atoms with E-state index < -0.39 is 0 Å². The molecule has 0 saturated carbocycles. The van der Waals surface area contributed by atoms with E-state index in [0.29, 0.717) is 5.92 Å². The van der Waals surface area contributed by atoms with Crippen molar-refractivity contribution in [2.75, 3.05) is 6.61 Å². The number of azo groups is 1. The molecule has 0 aliphatic carbocycles. The number of ether oxygens (including phenoxy) is 1. The molecule has 0 spiro atoms. The van der Waals surface area contributed by atoms with Gasteiger partial charge < -0.3 is 4.74 Å². The Bertz CT molecular complexity index is 617. The van der Waals surface area contributed by atoms with Crippen LogP contribution in [0.1, 0.15) is 45.6 Å². The molecule has 3 heteroatoms. The van der Waals surface area contributed by atoms with Gasteiger partial charge in [0.25, 0.3) is 0 Å². The molecule has 0 bridgehead atoms. The van der Waals surface area contributed by atoms with Crippen LogP contribution in [0, 0.1) is 5.92 Å². The summed E-state index contributed by atoms with van der Waals surface area (Å²) in [5.74, 6) is 1.46. The molecule has 1 atom stereocenters. The molecular weight excluding hydrogens is 296 g/mol. The lowest BCUT2D eigenvalue weighted by atomic mass is 10.1. The van der Waals surface area contributed by atoms with Crippen molar-refractivity contribution in [3.63, 3.8) is 0 Å². The largest absolute Gasteiger partial charge is 0.493 e. The number of benzene rings is 2. The van der Waals surface area contributed by atoms with Crippen molar-refractivity contribution >= 4 is 11.4 Å². The second-order valence-corrected chi connectivity index (χ2v) is 6.29. The monoisotopic (exact) mass is 324 g/mol. The fraction of sp³-hybridized carbons (Fsp3) is 0.429. The Balaban J connectivity index is 1.89. The summed E-state index contributed by atoms with van der Waals surface area (Å²) in [6.45, 7) is 7.33. The summed E-state index contributed by atoms with van der Waals surface area (Å²) in [5.41, 5.74) is 3.08. The third-order valence-corrected chi connectivity index (χ3v) is 4.10. The lowest BCUT2D eigenvalue weighted by molar-refractivity contribution is 0.256. The maximum Gasteiger partial charge on any atom is 0.119 e. The van der Waals surface area contributed by atoms with Crippen molar-refractivity contribution in [2.24, 2.45) is 16.1 Å². The van der Waals surface area contributed by atoms with E-state index in [0.717, 1.165) is 36.6 Å². The van der Waals surface area contributed by atoms with E-state index in [9.17, 15) is 0 Å². The molecule has 0 radical (unpaired) electrons. The molecule has 3 nitrogen and oxygen atoms in total. The van der Waals surface area contributed by atoms with Crippen molar-refractivity contribution in [1.82, 2.24) is 0 Å². The standard InChI is InChI=1S/C21H28N2O/c1-4-6-7-18-8-10-19(11-9-18)22-23-20-12-14-21(15-13-20)24-16-17(3)5-2/h8-15,17H,4-7,16H2,1-3H3. The number of unbranched alkanes of at least 4 members (excludes halogenated alkanes) is 1. The highest BCUT2D eigenvalue weighted by atomic mass is 16.5. The highest BCUT2D eigenvalue weighted by molar-refractivity contribution is 5.43. The molecule has 0 aromatic heterocycles. The van der Waals surface area contributed by atoms with Crippen molar-refractivity contribution < 1.29 is 4.74 Å². The number of hydrogen-bond donors (Lipinski definition) is 0. The summed E-state index contributed by atoms with van der Waals surface area (Å²) in [6, 6.07) is 16.1. The van der Waals surface area contributed by atoms with Gasteiger partial charge in [0.15, 0.2) is 0 Å². The van der Waals surface area contributed by atoms with Gasteiger partial charge in [0.2, 0.25) is 0 Å². The molecule has 2 aromatic carbocycles. The van der Waals surface area contributed by atoms with E-state index in [1.54, 1.807) is 0 Å². The van der Waals surface area contributed by atoms with Gasteiger partial charge in [-0.3, -0.25) is 0 Å². The summed E-state index contributed by atoms with van der Waals surface area (Å²) < 4.78 is 5.75. The molecule has 0 heterocycles. The van der Waals surface area contributed by atoms with Crippen molar-refractivity contribution in [3.05, 3.63) is 54.1 Å². The Kier molecular flexibility index (Phi) is 7.47. The van der Waals surface area contributed by atoms with Crippen LogP contribution in [0.25, 0.3) is 0 Å².